The molecule has 0 atom stereocenters. The number of nitrogens with one attached hydrogen (secondary N) is 1. The van der Waals surface area contributed by atoms with Gasteiger partial charge in [-0.15, -0.1) is 0 Å². The second-order valence-corrected chi connectivity index (χ2v) is 6.86. The number of sulfonamides is 1. The second kappa shape index (κ2) is 7.34. The van der Waals surface area contributed by atoms with Gasteiger partial charge in [0.05, 0.1) is 5.75 Å². The highest BCUT2D eigenvalue weighted by Crippen LogP contribution is 2.27. The molecule has 0 aliphatic heterocycles. The Bertz CT molecular complexity index is 300. The van der Waals surface area contributed by atoms with E-state index in [1.54, 1.807) is 4.31 Å². The molecule has 17 heavy (non-hydrogen) atoms. The van der Waals surface area contributed by atoms with E-state index in [9.17, 15) is 8.42 Å². The summed E-state index contributed by atoms with van der Waals surface area (Å²) in [5.74, 6) is 0.888. The Morgan fingerprint density at radius 2 is 2.00 bits per heavy atom. The summed E-state index contributed by atoms with van der Waals surface area (Å²) in [7, 11) is -3.03. The lowest BCUT2D eigenvalue weighted by atomic mass is 9.85. The van der Waals surface area contributed by atoms with E-state index in [0.29, 0.717) is 18.9 Å². The third-order valence-corrected chi connectivity index (χ3v) is 5.44. The molecule has 0 bridgehead atoms. The standard InChI is InChI=1S/C12H26N2O2S/c1-3-13-9-6-10-17(15,16)14(4-2)11-12-7-5-8-12/h12-13H,3-11H2,1-2H3. The van der Waals surface area contributed by atoms with Gasteiger partial charge in [0.2, 0.25) is 10.0 Å². The van der Waals surface area contributed by atoms with Crippen LogP contribution in [0, 0.1) is 5.92 Å². The molecule has 1 rings (SSSR count). The van der Waals surface area contributed by atoms with Gasteiger partial charge in [0.25, 0.3) is 0 Å². The molecule has 0 aromatic heterocycles. The average Bonchev–Trinajstić information content (AvgIpc) is 2.23. The minimum absolute atomic E-state index is 0.278. The molecule has 1 aliphatic rings. The largest absolute Gasteiger partial charge is 0.317 e. The topological polar surface area (TPSA) is 49.4 Å². The number of rotatable bonds is 9. The van der Waals surface area contributed by atoms with Crippen molar-refractivity contribution in [3.63, 3.8) is 0 Å². The van der Waals surface area contributed by atoms with Crippen LogP contribution < -0.4 is 5.32 Å². The monoisotopic (exact) mass is 262 g/mol. The first-order valence-corrected chi connectivity index (χ1v) is 8.39. The third-order valence-electron chi connectivity index (χ3n) is 3.44. The Hall–Kier alpha value is -0.130. The van der Waals surface area contributed by atoms with Crippen molar-refractivity contribution in [1.29, 1.82) is 0 Å². The first kappa shape index (κ1) is 14.9. The maximum Gasteiger partial charge on any atom is 0.214 e. The molecule has 0 aromatic rings. The van der Waals surface area contributed by atoms with E-state index in [-0.39, 0.29) is 5.75 Å². The SMILES string of the molecule is CCNCCCS(=O)(=O)N(CC)CC1CCC1. The fraction of sp³-hybridized carbons (Fsp3) is 1.00. The Morgan fingerprint density at radius 3 is 2.47 bits per heavy atom. The summed E-state index contributed by atoms with van der Waals surface area (Å²) in [5, 5.41) is 3.16. The summed E-state index contributed by atoms with van der Waals surface area (Å²) in [4.78, 5) is 0. The second-order valence-electron chi connectivity index (χ2n) is 4.77. The number of hydrogen-bond acceptors (Lipinski definition) is 3. The van der Waals surface area contributed by atoms with Crippen LogP contribution >= 0.6 is 0 Å². The van der Waals surface area contributed by atoms with Crippen molar-refractivity contribution in [2.75, 3.05) is 31.9 Å². The van der Waals surface area contributed by atoms with Crippen LogP contribution in [0.15, 0.2) is 0 Å². The summed E-state index contributed by atoms with van der Waals surface area (Å²) in [5.41, 5.74) is 0. The third kappa shape index (κ3) is 4.94. The lowest BCUT2D eigenvalue weighted by Crippen LogP contribution is -2.39. The van der Waals surface area contributed by atoms with E-state index in [1.165, 1.54) is 19.3 Å². The van der Waals surface area contributed by atoms with E-state index in [0.717, 1.165) is 19.6 Å². The van der Waals surface area contributed by atoms with Crippen molar-refractivity contribution >= 4 is 10.0 Å². The van der Waals surface area contributed by atoms with Crippen LogP contribution in [0.2, 0.25) is 0 Å². The maximum atomic E-state index is 12.1. The van der Waals surface area contributed by atoms with Crippen molar-refractivity contribution in [1.82, 2.24) is 9.62 Å². The van der Waals surface area contributed by atoms with E-state index >= 15 is 0 Å². The van der Waals surface area contributed by atoms with Crippen LogP contribution in [-0.4, -0.2) is 44.7 Å². The van der Waals surface area contributed by atoms with E-state index in [1.807, 2.05) is 13.8 Å². The molecule has 0 heterocycles. The van der Waals surface area contributed by atoms with Gasteiger partial charge in [-0.3, -0.25) is 0 Å². The minimum atomic E-state index is -3.03. The fourth-order valence-corrected chi connectivity index (χ4v) is 3.69. The van der Waals surface area contributed by atoms with Crippen molar-refractivity contribution < 1.29 is 8.42 Å². The van der Waals surface area contributed by atoms with Gasteiger partial charge >= 0.3 is 0 Å². The van der Waals surface area contributed by atoms with Gasteiger partial charge in [-0.1, -0.05) is 20.3 Å². The average molecular weight is 262 g/mol. The molecule has 0 amide bonds. The fourth-order valence-electron chi connectivity index (χ4n) is 2.09. The van der Waals surface area contributed by atoms with Crippen LogP contribution in [-0.2, 0) is 10.0 Å². The van der Waals surface area contributed by atoms with Gasteiger partial charge in [-0.2, -0.15) is 0 Å². The summed E-state index contributed by atoms with van der Waals surface area (Å²) in [6, 6.07) is 0. The van der Waals surface area contributed by atoms with Gasteiger partial charge in [0, 0.05) is 13.1 Å². The Balaban J connectivity index is 2.35. The van der Waals surface area contributed by atoms with Crippen LogP contribution in [0.25, 0.3) is 0 Å². The molecule has 0 aromatic carbocycles. The predicted octanol–water partition coefficient (Wildman–Crippen LogP) is 1.44. The molecule has 5 heteroatoms. The van der Waals surface area contributed by atoms with Crippen molar-refractivity contribution in [2.24, 2.45) is 5.92 Å². The Kier molecular flexibility index (Phi) is 6.44. The van der Waals surface area contributed by atoms with E-state index in [2.05, 4.69) is 5.32 Å². The molecule has 1 fully saturated rings. The zero-order chi connectivity index (χ0) is 12.7. The van der Waals surface area contributed by atoms with Gasteiger partial charge in [0.15, 0.2) is 0 Å². The molecule has 0 saturated heterocycles. The lowest BCUT2D eigenvalue weighted by Gasteiger charge is -2.31. The van der Waals surface area contributed by atoms with Crippen molar-refractivity contribution in [2.45, 2.75) is 39.5 Å². The molecule has 1 N–H and O–H groups in total. The molecular weight excluding hydrogens is 236 g/mol. The van der Waals surface area contributed by atoms with Gasteiger partial charge in [-0.25, -0.2) is 12.7 Å². The van der Waals surface area contributed by atoms with E-state index < -0.39 is 10.0 Å². The van der Waals surface area contributed by atoms with E-state index in [4.69, 9.17) is 0 Å². The maximum absolute atomic E-state index is 12.1. The summed E-state index contributed by atoms with van der Waals surface area (Å²) in [6.45, 7) is 7.00. The zero-order valence-electron chi connectivity index (χ0n) is 11.1. The first-order chi connectivity index (χ1) is 8.10. The van der Waals surface area contributed by atoms with Crippen LogP contribution in [0.1, 0.15) is 39.5 Å². The minimum Gasteiger partial charge on any atom is -0.317 e. The van der Waals surface area contributed by atoms with Crippen molar-refractivity contribution in [3.8, 4) is 0 Å². The van der Waals surface area contributed by atoms with Crippen LogP contribution in [0.5, 0.6) is 0 Å². The normalized spacial score (nSPS) is 17.4. The lowest BCUT2D eigenvalue weighted by molar-refractivity contribution is 0.250. The number of nitrogens with zero attached hydrogens (tertiary/aromatic N) is 1. The molecular formula is C12H26N2O2S. The van der Waals surface area contributed by atoms with Gasteiger partial charge < -0.3 is 5.32 Å². The zero-order valence-corrected chi connectivity index (χ0v) is 11.9. The highest BCUT2D eigenvalue weighted by atomic mass is 32.2. The number of hydrogen-bond donors (Lipinski definition) is 1. The summed E-state index contributed by atoms with van der Waals surface area (Å²) >= 11 is 0. The van der Waals surface area contributed by atoms with Crippen molar-refractivity contribution in [3.05, 3.63) is 0 Å². The smallest absolute Gasteiger partial charge is 0.214 e. The first-order valence-electron chi connectivity index (χ1n) is 6.78. The highest BCUT2D eigenvalue weighted by Gasteiger charge is 2.26. The molecule has 1 saturated carbocycles. The van der Waals surface area contributed by atoms with Crippen LogP contribution in [0.3, 0.4) is 0 Å². The van der Waals surface area contributed by atoms with Gasteiger partial charge in [-0.05, 0) is 38.3 Å². The molecule has 0 radical (unpaired) electrons. The highest BCUT2D eigenvalue weighted by molar-refractivity contribution is 7.89. The molecule has 0 unspecified atom stereocenters. The Labute approximate surface area is 106 Å². The van der Waals surface area contributed by atoms with Crippen LogP contribution in [0.4, 0.5) is 0 Å². The summed E-state index contributed by atoms with van der Waals surface area (Å²) < 4.78 is 25.9. The Morgan fingerprint density at radius 1 is 1.29 bits per heavy atom. The molecule has 1 aliphatic carbocycles. The molecule has 0 spiro atoms. The quantitative estimate of drug-likeness (QED) is 0.640. The predicted molar refractivity (Wildman–Crippen MR) is 71.5 cm³/mol. The summed E-state index contributed by atoms with van der Waals surface area (Å²) in [6.07, 6.45) is 4.37. The van der Waals surface area contributed by atoms with Gasteiger partial charge in [0.1, 0.15) is 0 Å². The molecule has 4 nitrogen and oxygen atoms in total. The molecule has 102 valence electrons.